The molecule has 0 aromatic carbocycles. The molecule has 0 atom stereocenters. The van der Waals surface area contributed by atoms with Crippen molar-refractivity contribution in [2.75, 3.05) is 23.9 Å². The largest absolute Gasteiger partial charge is 0.503 e. The molecule has 2 N–H and O–H groups in total. The van der Waals surface area contributed by atoms with Crippen LogP contribution in [0, 0.1) is 13.8 Å². The second-order valence-electron chi connectivity index (χ2n) is 4.88. The van der Waals surface area contributed by atoms with Gasteiger partial charge in [-0.1, -0.05) is 31.9 Å². The topological polar surface area (TPSA) is 153 Å². The van der Waals surface area contributed by atoms with Gasteiger partial charge in [-0.2, -0.15) is 19.2 Å². The first-order valence-electron chi connectivity index (χ1n) is 8.02. The van der Waals surface area contributed by atoms with Crippen LogP contribution in [0.15, 0.2) is 29.3 Å². The number of carbonyl (C=O) groups excluding carboxylic acids is 4. The fourth-order valence-electron chi connectivity index (χ4n) is 1.61. The summed E-state index contributed by atoms with van der Waals surface area (Å²) in [4.78, 5) is 49.8. The van der Waals surface area contributed by atoms with E-state index in [4.69, 9.17) is 33.8 Å². The predicted octanol–water partition coefficient (Wildman–Crippen LogP) is 2.16. The molecule has 0 radical (unpaired) electrons. The van der Waals surface area contributed by atoms with Crippen LogP contribution in [-0.2, 0) is 19.2 Å². The summed E-state index contributed by atoms with van der Waals surface area (Å²) in [6, 6.07) is 3.23. The minimum atomic E-state index is -0.341. The Bertz CT molecular complexity index is 848. The molecule has 164 valence electrons. The molecule has 3 rings (SSSR count). The van der Waals surface area contributed by atoms with Crippen LogP contribution in [0.2, 0.25) is 0 Å². The van der Waals surface area contributed by atoms with E-state index in [-0.39, 0.29) is 23.5 Å². The molecule has 0 bridgehead atoms. The van der Waals surface area contributed by atoms with Gasteiger partial charge in [0.2, 0.25) is 5.43 Å². The van der Waals surface area contributed by atoms with Crippen LogP contribution >= 0.6 is 31.9 Å². The summed E-state index contributed by atoms with van der Waals surface area (Å²) in [7, 11) is 0. The highest BCUT2D eigenvalue weighted by Crippen LogP contribution is 2.28. The number of aromatic hydroxyl groups is 1. The van der Waals surface area contributed by atoms with Gasteiger partial charge < -0.3 is 19.6 Å². The highest BCUT2D eigenvalue weighted by atomic mass is 79.9. The van der Waals surface area contributed by atoms with Crippen molar-refractivity contribution in [3.63, 3.8) is 0 Å². The number of aromatic amines is 1. The Hall–Kier alpha value is -2.78. The van der Waals surface area contributed by atoms with Gasteiger partial charge in [-0.05, 0) is 13.8 Å². The number of H-pyrrole nitrogens is 1. The minimum Gasteiger partial charge on any atom is -0.503 e. The van der Waals surface area contributed by atoms with Crippen molar-refractivity contribution in [3.8, 4) is 17.2 Å². The van der Waals surface area contributed by atoms with Gasteiger partial charge in [0, 0.05) is 40.4 Å². The number of aromatic nitrogens is 2. The van der Waals surface area contributed by atoms with Gasteiger partial charge in [0.05, 0.1) is 6.20 Å². The van der Waals surface area contributed by atoms with E-state index in [1.54, 1.807) is 13.1 Å². The van der Waals surface area contributed by atoms with E-state index in [0.717, 1.165) is 33.5 Å². The number of hydrogen-bond donors (Lipinski definition) is 2. The number of alkyl halides is 2. The summed E-state index contributed by atoms with van der Waals surface area (Å²) in [5.41, 5.74) is 1.36. The number of hydrogen-bond acceptors (Lipinski definition) is 9. The van der Waals surface area contributed by atoms with Crippen LogP contribution in [0.5, 0.6) is 17.2 Å². The van der Waals surface area contributed by atoms with Gasteiger partial charge >= 0.3 is 12.3 Å². The Kier molecular flexibility index (Phi) is 19.2. The van der Waals surface area contributed by atoms with Gasteiger partial charge in [-0.3, -0.25) is 9.78 Å². The molecule has 0 saturated carbocycles. The SMILES string of the molecule is BrCCBr.Cc1cc(=O)c(O)c[nH]1.Cc1cc2c(cn1)OCCO2.O=C=O.O=C=O. The molecule has 3 heterocycles. The molecule has 0 unspecified atom stereocenters. The van der Waals surface area contributed by atoms with Crippen LogP contribution in [0.3, 0.4) is 0 Å². The van der Waals surface area contributed by atoms with Crippen molar-refractivity contribution in [1.82, 2.24) is 9.97 Å². The lowest BCUT2D eigenvalue weighted by molar-refractivity contribution is -0.193. The van der Waals surface area contributed by atoms with E-state index in [9.17, 15) is 4.79 Å². The van der Waals surface area contributed by atoms with Crippen LogP contribution in [-0.4, -0.2) is 51.3 Å². The fraction of sp³-hybridized carbons (Fsp3) is 0.333. The summed E-state index contributed by atoms with van der Waals surface area (Å²) in [6.07, 6.45) is 3.47. The maximum atomic E-state index is 10.6. The molecule has 2 aromatic rings. The van der Waals surface area contributed by atoms with Crippen molar-refractivity contribution in [3.05, 3.63) is 46.1 Å². The summed E-state index contributed by atoms with van der Waals surface area (Å²) in [5, 5.41) is 10.8. The Morgan fingerprint density at radius 2 is 1.53 bits per heavy atom. The van der Waals surface area contributed by atoms with Crippen LogP contribution in [0.1, 0.15) is 11.4 Å². The molecule has 12 heteroatoms. The second kappa shape index (κ2) is 19.5. The predicted molar refractivity (Wildman–Crippen MR) is 111 cm³/mol. The lowest BCUT2D eigenvalue weighted by Gasteiger charge is -2.17. The molecule has 1 aliphatic rings. The highest BCUT2D eigenvalue weighted by molar-refractivity contribution is 9.11. The number of nitrogens with one attached hydrogen (secondary N) is 1. The standard InChI is InChI=1S/C8H9NO2.C6H7NO2.C2H4Br2.2CO2/c1-6-4-7-8(5-9-6)11-3-2-10-7;1-4-2-5(8)6(9)3-7-4;3-1-2-4;2*2-1-3/h4-5H,2-3H2,1H3;2-3,9H,1H3,(H,7,8);1-2H2;;. The third kappa shape index (κ3) is 15.2. The molecule has 10 nitrogen and oxygen atoms in total. The summed E-state index contributed by atoms with van der Waals surface area (Å²) in [6.45, 7) is 4.94. The number of ether oxygens (including phenoxy) is 2. The van der Waals surface area contributed by atoms with E-state index in [1.807, 2.05) is 13.0 Å². The maximum Gasteiger partial charge on any atom is 0.373 e. The number of fused-ring (bicyclic) bond motifs is 1. The Balaban J connectivity index is 0. The first-order valence-corrected chi connectivity index (χ1v) is 10.3. The Morgan fingerprint density at radius 1 is 1.03 bits per heavy atom. The Labute approximate surface area is 188 Å². The van der Waals surface area contributed by atoms with Gasteiger partial charge in [0.25, 0.3) is 0 Å². The van der Waals surface area contributed by atoms with Crippen LogP contribution in [0.4, 0.5) is 0 Å². The lowest BCUT2D eigenvalue weighted by Crippen LogP contribution is -2.15. The zero-order chi connectivity index (χ0) is 23.4. The van der Waals surface area contributed by atoms with Crippen molar-refractivity contribution in [1.29, 1.82) is 0 Å². The average Bonchev–Trinajstić information content (AvgIpc) is 2.73. The molecule has 0 fully saturated rings. The zero-order valence-corrected chi connectivity index (χ0v) is 19.3. The highest BCUT2D eigenvalue weighted by Gasteiger charge is 2.10. The van der Waals surface area contributed by atoms with Crippen LogP contribution < -0.4 is 14.9 Å². The van der Waals surface area contributed by atoms with E-state index in [0.29, 0.717) is 13.2 Å². The van der Waals surface area contributed by atoms with Gasteiger partial charge in [0.15, 0.2) is 17.2 Å². The molecule has 0 amide bonds. The summed E-state index contributed by atoms with van der Waals surface area (Å²) >= 11 is 6.40. The summed E-state index contributed by atoms with van der Waals surface area (Å²) in [5.74, 6) is 1.33. The van der Waals surface area contributed by atoms with Gasteiger partial charge in [0.1, 0.15) is 13.2 Å². The molecule has 0 spiro atoms. The van der Waals surface area contributed by atoms with Crippen molar-refractivity contribution in [2.45, 2.75) is 13.8 Å². The molecule has 2 aromatic heterocycles. The van der Waals surface area contributed by atoms with Crippen LogP contribution in [0.25, 0.3) is 0 Å². The quantitative estimate of drug-likeness (QED) is 0.507. The van der Waals surface area contributed by atoms with E-state index in [2.05, 4.69) is 41.8 Å². The zero-order valence-electron chi connectivity index (χ0n) is 16.1. The maximum absolute atomic E-state index is 10.6. The summed E-state index contributed by atoms with van der Waals surface area (Å²) < 4.78 is 10.6. The molecule has 0 aliphatic carbocycles. The van der Waals surface area contributed by atoms with Gasteiger partial charge in [-0.25, -0.2) is 0 Å². The average molecular weight is 552 g/mol. The molecular formula is C18H20Br2N2O8. The normalized spacial score (nSPS) is 9.73. The van der Waals surface area contributed by atoms with E-state index in [1.165, 1.54) is 12.3 Å². The van der Waals surface area contributed by atoms with E-state index < -0.39 is 0 Å². The molecule has 30 heavy (non-hydrogen) atoms. The monoisotopic (exact) mass is 550 g/mol. The molecule has 0 saturated heterocycles. The third-order valence-electron chi connectivity index (χ3n) is 2.67. The van der Waals surface area contributed by atoms with Crippen molar-refractivity contribution < 1.29 is 33.8 Å². The fourth-order valence-corrected chi connectivity index (χ4v) is 1.61. The number of pyridine rings is 2. The number of halogens is 2. The van der Waals surface area contributed by atoms with E-state index >= 15 is 0 Å². The molecular weight excluding hydrogens is 532 g/mol. The van der Waals surface area contributed by atoms with Crippen molar-refractivity contribution >= 4 is 44.2 Å². The first-order chi connectivity index (χ1) is 14.3. The Morgan fingerprint density at radius 3 is 1.97 bits per heavy atom. The first kappa shape index (κ1) is 29.4. The second-order valence-corrected chi connectivity index (χ2v) is 6.47. The van der Waals surface area contributed by atoms with Gasteiger partial charge in [-0.15, -0.1) is 0 Å². The smallest absolute Gasteiger partial charge is 0.373 e. The third-order valence-corrected chi connectivity index (χ3v) is 4.53. The lowest BCUT2D eigenvalue weighted by atomic mass is 10.3. The molecule has 1 aliphatic heterocycles. The number of rotatable bonds is 1. The number of nitrogens with zero attached hydrogens (tertiary/aromatic N) is 1. The minimum absolute atomic E-state index is 0.236. The van der Waals surface area contributed by atoms with Crippen molar-refractivity contribution in [2.24, 2.45) is 0 Å². The number of aryl methyl sites for hydroxylation is 2.